The van der Waals surface area contributed by atoms with Gasteiger partial charge in [0.1, 0.15) is 0 Å². The second kappa shape index (κ2) is 5.65. The fourth-order valence-electron chi connectivity index (χ4n) is 2.89. The van der Waals surface area contributed by atoms with Gasteiger partial charge in [0, 0.05) is 31.5 Å². The summed E-state index contributed by atoms with van der Waals surface area (Å²) in [4.78, 5) is 18.9. The van der Waals surface area contributed by atoms with Crippen molar-refractivity contribution in [2.75, 3.05) is 13.2 Å². The minimum atomic E-state index is 0.159. The summed E-state index contributed by atoms with van der Waals surface area (Å²) in [5.74, 6) is 1.13. The monoisotopic (exact) mass is 272 g/mol. The number of hydrogen-bond donors (Lipinski definition) is 0. The van der Waals surface area contributed by atoms with E-state index in [-0.39, 0.29) is 11.8 Å². The van der Waals surface area contributed by atoms with E-state index in [1.165, 1.54) is 0 Å². The third-order valence-electron chi connectivity index (χ3n) is 3.98. The molecule has 3 rings (SSSR count). The maximum atomic E-state index is 12.4. The normalized spacial score (nSPS) is 18.1. The van der Waals surface area contributed by atoms with Crippen LogP contribution in [0.2, 0.25) is 0 Å². The molecule has 0 atom stereocenters. The number of rotatable bonds is 3. The lowest BCUT2D eigenvalue weighted by Gasteiger charge is -2.30. The summed E-state index contributed by atoms with van der Waals surface area (Å²) in [7, 11) is 0. The number of carbonyl (C=O) groups is 1. The van der Waals surface area contributed by atoms with Gasteiger partial charge >= 0.3 is 0 Å². The number of fused-ring (bicyclic) bond motifs is 1. The summed E-state index contributed by atoms with van der Waals surface area (Å²) >= 11 is 0. The average Bonchev–Trinajstić information content (AvgIpc) is 3.00. The first-order chi connectivity index (χ1) is 9.78. The van der Waals surface area contributed by atoms with Crippen molar-refractivity contribution in [1.82, 2.24) is 9.88 Å². The number of aromatic nitrogens is 1. The summed E-state index contributed by atoms with van der Waals surface area (Å²) in [5, 5.41) is 0. The minimum absolute atomic E-state index is 0.159. The van der Waals surface area contributed by atoms with Crippen molar-refractivity contribution in [2.45, 2.75) is 32.7 Å². The molecule has 0 unspecified atom stereocenters. The van der Waals surface area contributed by atoms with Gasteiger partial charge in [0.15, 0.2) is 0 Å². The molecule has 0 radical (unpaired) electrons. The zero-order valence-electron chi connectivity index (χ0n) is 11.8. The smallest absolute Gasteiger partial charge is 0.226 e. The Morgan fingerprint density at radius 3 is 2.95 bits per heavy atom. The molecule has 1 aromatic rings. The maximum absolute atomic E-state index is 12.4. The number of ether oxygens (including phenoxy) is 1. The largest absolute Gasteiger partial charge is 0.478 e. The Morgan fingerprint density at radius 1 is 1.40 bits per heavy atom. The summed E-state index contributed by atoms with van der Waals surface area (Å²) in [6, 6.07) is 3.94. The van der Waals surface area contributed by atoms with Crippen LogP contribution in [-0.4, -0.2) is 28.9 Å². The van der Waals surface area contributed by atoms with Crippen LogP contribution in [0.4, 0.5) is 0 Å². The molecule has 1 aliphatic heterocycles. The molecule has 0 saturated heterocycles. The predicted molar refractivity (Wildman–Crippen MR) is 76.4 cm³/mol. The third-order valence-corrected chi connectivity index (χ3v) is 3.98. The maximum Gasteiger partial charge on any atom is 0.226 e. The Labute approximate surface area is 119 Å². The molecule has 0 fully saturated rings. The van der Waals surface area contributed by atoms with E-state index >= 15 is 0 Å². The summed E-state index contributed by atoms with van der Waals surface area (Å²) in [5.41, 5.74) is 2.23. The van der Waals surface area contributed by atoms with E-state index in [4.69, 9.17) is 4.74 Å². The average molecular weight is 272 g/mol. The molecular formula is C16H20N2O2. The van der Waals surface area contributed by atoms with Crippen molar-refractivity contribution in [3.05, 3.63) is 35.5 Å². The molecule has 0 aromatic carbocycles. The molecule has 1 amide bonds. The number of allylic oxidation sites excluding steroid dienone is 2. The van der Waals surface area contributed by atoms with Gasteiger partial charge in [-0.25, -0.2) is 4.98 Å². The topological polar surface area (TPSA) is 42.4 Å². The van der Waals surface area contributed by atoms with Crippen LogP contribution in [0.5, 0.6) is 5.88 Å². The quantitative estimate of drug-likeness (QED) is 0.793. The van der Waals surface area contributed by atoms with Gasteiger partial charge in [-0.3, -0.25) is 4.79 Å². The van der Waals surface area contributed by atoms with Gasteiger partial charge in [0.2, 0.25) is 11.8 Å². The number of hydrogen-bond acceptors (Lipinski definition) is 3. The minimum Gasteiger partial charge on any atom is -0.478 e. The van der Waals surface area contributed by atoms with Gasteiger partial charge in [0.25, 0.3) is 0 Å². The molecule has 1 aromatic heterocycles. The van der Waals surface area contributed by atoms with Crippen molar-refractivity contribution >= 4 is 5.91 Å². The van der Waals surface area contributed by atoms with Gasteiger partial charge in [-0.15, -0.1) is 0 Å². The molecule has 4 nitrogen and oxygen atoms in total. The summed E-state index contributed by atoms with van der Waals surface area (Å²) in [6.07, 6.45) is 6.82. The molecule has 0 spiro atoms. The zero-order chi connectivity index (χ0) is 13.9. The molecule has 2 heterocycles. The Bertz CT molecular complexity index is 531. The van der Waals surface area contributed by atoms with E-state index in [9.17, 15) is 4.79 Å². The van der Waals surface area contributed by atoms with Crippen LogP contribution in [0, 0.1) is 5.92 Å². The Balaban J connectivity index is 1.70. The highest BCUT2D eigenvalue weighted by molar-refractivity contribution is 5.80. The van der Waals surface area contributed by atoms with Gasteiger partial charge in [-0.05, 0) is 25.3 Å². The Morgan fingerprint density at radius 2 is 2.20 bits per heavy atom. The fraction of sp³-hybridized carbons (Fsp3) is 0.500. The van der Waals surface area contributed by atoms with E-state index in [0.717, 1.165) is 37.1 Å². The predicted octanol–water partition coefficient (Wildman–Crippen LogP) is 2.33. The lowest BCUT2D eigenvalue weighted by molar-refractivity contribution is -0.136. The lowest BCUT2D eigenvalue weighted by Crippen LogP contribution is -2.39. The summed E-state index contributed by atoms with van der Waals surface area (Å²) < 4.78 is 5.43. The highest BCUT2D eigenvalue weighted by atomic mass is 16.5. The van der Waals surface area contributed by atoms with Crippen molar-refractivity contribution in [3.63, 3.8) is 0 Å². The molecule has 4 heteroatoms. The van der Waals surface area contributed by atoms with Crippen LogP contribution in [0.15, 0.2) is 24.3 Å². The summed E-state index contributed by atoms with van der Waals surface area (Å²) in [6.45, 7) is 4.04. The molecular weight excluding hydrogens is 252 g/mol. The van der Waals surface area contributed by atoms with Crippen molar-refractivity contribution in [2.24, 2.45) is 5.92 Å². The van der Waals surface area contributed by atoms with Crippen molar-refractivity contribution < 1.29 is 9.53 Å². The first-order valence-electron chi connectivity index (χ1n) is 7.33. The number of amides is 1. The standard InChI is InChI=1S/C16H20N2O2/c1-2-20-15-8-7-13-11-18(10-9-14(13)17-15)16(19)12-5-3-4-6-12/h3-4,7-8,12H,2,5-6,9-11H2,1H3. The molecule has 1 aliphatic carbocycles. The van der Waals surface area contributed by atoms with Crippen LogP contribution < -0.4 is 4.74 Å². The molecule has 0 bridgehead atoms. The second-order valence-corrected chi connectivity index (χ2v) is 5.34. The van der Waals surface area contributed by atoms with Crippen molar-refractivity contribution in [1.29, 1.82) is 0 Å². The second-order valence-electron chi connectivity index (χ2n) is 5.34. The van der Waals surface area contributed by atoms with Crippen LogP contribution >= 0.6 is 0 Å². The van der Waals surface area contributed by atoms with E-state index in [1.54, 1.807) is 0 Å². The van der Waals surface area contributed by atoms with Crippen LogP contribution in [-0.2, 0) is 17.8 Å². The van der Waals surface area contributed by atoms with E-state index < -0.39 is 0 Å². The Hall–Kier alpha value is -1.84. The van der Waals surface area contributed by atoms with Crippen LogP contribution in [0.3, 0.4) is 0 Å². The number of nitrogens with zero attached hydrogens (tertiary/aromatic N) is 2. The first kappa shape index (κ1) is 13.2. The molecule has 20 heavy (non-hydrogen) atoms. The van der Waals surface area contributed by atoms with E-state index in [0.29, 0.717) is 19.0 Å². The highest BCUT2D eigenvalue weighted by Crippen LogP contribution is 2.25. The molecule has 106 valence electrons. The van der Waals surface area contributed by atoms with Gasteiger partial charge < -0.3 is 9.64 Å². The van der Waals surface area contributed by atoms with E-state index in [1.807, 2.05) is 24.0 Å². The number of pyridine rings is 1. The third kappa shape index (κ3) is 2.55. The van der Waals surface area contributed by atoms with Crippen LogP contribution in [0.1, 0.15) is 31.0 Å². The zero-order valence-corrected chi connectivity index (χ0v) is 11.8. The van der Waals surface area contributed by atoms with Gasteiger partial charge in [-0.2, -0.15) is 0 Å². The SMILES string of the molecule is CCOc1ccc2c(n1)CCN(C(=O)C1CC=CC1)C2. The van der Waals surface area contributed by atoms with Crippen molar-refractivity contribution in [3.8, 4) is 5.88 Å². The fourth-order valence-corrected chi connectivity index (χ4v) is 2.89. The highest BCUT2D eigenvalue weighted by Gasteiger charge is 2.28. The Kier molecular flexibility index (Phi) is 3.72. The van der Waals surface area contributed by atoms with Gasteiger partial charge in [-0.1, -0.05) is 18.2 Å². The first-order valence-corrected chi connectivity index (χ1v) is 7.33. The number of carbonyl (C=O) groups excluding carboxylic acids is 1. The molecule has 0 saturated carbocycles. The molecule has 0 N–H and O–H groups in total. The lowest BCUT2D eigenvalue weighted by atomic mass is 10.0. The van der Waals surface area contributed by atoms with Gasteiger partial charge in [0.05, 0.1) is 12.3 Å². The molecule has 2 aliphatic rings. The van der Waals surface area contributed by atoms with E-state index in [2.05, 4.69) is 17.1 Å². The van der Waals surface area contributed by atoms with Crippen LogP contribution in [0.25, 0.3) is 0 Å².